The van der Waals surface area contributed by atoms with Crippen LogP contribution >= 0.6 is 15.9 Å². The molecule has 86 valence electrons. The second-order valence-corrected chi connectivity index (χ2v) is 4.21. The average molecular weight is 290 g/mol. The van der Waals surface area contributed by atoms with Crippen molar-refractivity contribution in [3.63, 3.8) is 0 Å². The standard InChI is InChI=1S/C14H12BrNO/c15-10-11-6-8-12(9-7-11)14(17)16-13-4-2-1-3-5-13/h1-9H,10H2,(H,16,17). The van der Waals surface area contributed by atoms with Gasteiger partial charge in [0.1, 0.15) is 0 Å². The van der Waals surface area contributed by atoms with Gasteiger partial charge in [-0.25, -0.2) is 0 Å². The van der Waals surface area contributed by atoms with Gasteiger partial charge in [0.15, 0.2) is 0 Å². The zero-order valence-electron chi connectivity index (χ0n) is 9.19. The number of halogens is 1. The zero-order chi connectivity index (χ0) is 12.1. The summed E-state index contributed by atoms with van der Waals surface area (Å²) in [7, 11) is 0. The van der Waals surface area contributed by atoms with E-state index < -0.39 is 0 Å². The number of amides is 1. The Balaban J connectivity index is 2.09. The van der Waals surface area contributed by atoms with Crippen molar-refractivity contribution in [3.05, 3.63) is 65.7 Å². The van der Waals surface area contributed by atoms with Gasteiger partial charge in [0.2, 0.25) is 0 Å². The molecule has 17 heavy (non-hydrogen) atoms. The number of anilines is 1. The monoisotopic (exact) mass is 289 g/mol. The van der Waals surface area contributed by atoms with Crippen molar-refractivity contribution in [2.75, 3.05) is 5.32 Å². The fourth-order valence-corrected chi connectivity index (χ4v) is 1.84. The number of nitrogens with one attached hydrogen (secondary N) is 1. The van der Waals surface area contributed by atoms with Gasteiger partial charge in [0.25, 0.3) is 5.91 Å². The summed E-state index contributed by atoms with van der Waals surface area (Å²) >= 11 is 3.37. The van der Waals surface area contributed by atoms with Crippen LogP contribution in [-0.2, 0) is 5.33 Å². The number of benzene rings is 2. The van der Waals surface area contributed by atoms with E-state index in [4.69, 9.17) is 0 Å². The number of hydrogen-bond acceptors (Lipinski definition) is 1. The molecule has 2 aromatic rings. The highest BCUT2D eigenvalue weighted by molar-refractivity contribution is 9.08. The summed E-state index contributed by atoms with van der Waals surface area (Å²) in [6.07, 6.45) is 0. The number of carbonyl (C=O) groups is 1. The van der Waals surface area contributed by atoms with E-state index >= 15 is 0 Å². The molecule has 0 saturated heterocycles. The third-order valence-electron chi connectivity index (χ3n) is 2.40. The topological polar surface area (TPSA) is 29.1 Å². The maximum Gasteiger partial charge on any atom is 0.255 e. The van der Waals surface area contributed by atoms with Crippen molar-refractivity contribution < 1.29 is 4.79 Å². The lowest BCUT2D eigenvalue weighted by molar-refractivity contribution is 0.102. The quantitative estimate of drug-likeness (QED) is 0.855. The lowest BCUT2D eigenvalue weighted by atomic mass is 10.1. The van der Waals surface area contributed by atoms with E-state index in [1.54, 1.807) is 0 Å². The molecule has 0 aliphatic carbocycles. The number of para-hydroxylation sites is 1. The normalized spacial score (nSPS) is 9.94. The predicted molar refractivity (Wildman–Crippen MR) is 73.5 cm³/mol. The molecular formula is C14H12BrNO. The number of hydrogen-bond donors (Lipinski definition) is 1. The number of carbonyl (C=O) groups excluding carboxylic acids is 1. The van der Waals surface area contributed by atoms with Gasteiger partial charge in [-0.05, 0) is 29.8 Å². The summed E-state index contributed by atoms with van der Waals surface area (Å²) in [6, 6.07) is 17.0. The van der Waals surface area contributed by atoms with E-state index in [2.05, 4.69) is 21.2 Å². The van der Waals surface area contributed by atoms with E-state index in [9.17, 15) is 4.79 Å². The van der Waals surface area contributed by atoms with Gasteiger partial charge in [-0.3, -0.25) is 4.79 Å². The lowest BCUT2D eigenvalue weighted by Gasteiger charge is -2.05. The van der Waals surface area contributed by atoms with Crippen LogP contribution in [0, 0.1) is 0 Å². The molecular weight excluding hydrogens is 278 g/mol. The molecule has 0 aliphatic rings. The highest BCUT2D eigenvalue weighted by Crippen LogP contribution is 2.11. The van der Waals surface area contributed by atoms with Crippen molar-refractivity contribution in [1.29, 1.82) is 0 Å². The minimum Gasteiger partial charge on any atom is -0.322 e. The first-order valence-electron chi connectivity index (χ1n) is 5.31. The Morgan fingerprint density at radius 3 is 2.24 bits per heavy atom. The van der Waals surface area contributed by atoms with Gasteiger partial charge in [0, 0.05) is 16.6 Å². The molecule has 0 radical (unpaired) electrons. The van der Waals surface area contributed by atoms with Crippen LogP contribution < -0.4 is 5.32 Å². The predicted octanol–water partition coefficient (Wildman–Crippen LogP) is 3.83. The van der Waals surface area contributed by atoms with Gasteiger partial charge >= 0.3 is 0 Å². The minimum absolute atomic E-state index is 0.0858. The molecule has 1 N–H and O–H groups in total. The smallest absolute Gasteiger partial charge is 0.255 e. The summed E-state index contributed by atoms with van der Waals surface area (Å²) in [6.45, 7) is 0. The zero-order valence-corrected chi connectivity index (χ0v) is 10.8. The largest absolute Gasteiger partial charge is 0.322 e. The summed E-state index contributed by atoms with van der Waals surface area (Å²) in [5.41, 5.74) is 2.63. The number of rotatable bonds is 3. The van der Waals surface area contributed by atoms with E-state index in [1.165, 1.54) is 0 Å². The van der Waals surface area contributed by atoms with Gasteiger partial charge in [-0.2, -0.15) is 0 Å². The number of alkyl halides is 1. The third-order valence-corrected chi connectivity index (χ3v) is 3.05. The van der Waals surface area contributed by atoms with E-state index in [0.29, 0.717) is 5.56 Å². The molecule has 0 saturated carbocycles. The molecule has 0 heterocycles. The second-order valence-electron chi connectivity index (χ2n) is 3.65. The molecule has 3 heteroatoms. The fraction of sp³-hybridized carbons (Fsp3) is 0.0714. The molecule has 0 atom stereocenters. The Labute approximate surface area is 109 Å². The Morgan fingerprint density at radius 2 is 1.65 bits per heavy atom. The van der Waals surface area contributed by atoms with Crippen molar-refractivity contribution >= 4 is 27.5 Å². The first-order chi connectivity index (χ1) is 8.29. The first-order valence-corrected chi connectivity index (χ1v) is 6.43. The highest BCUT2D eigenvalue weighted by Gasteiger charge is 2.05. The van der Waals surface area contributed by atoms with Crippen LogP contribution in [-0.4, -0.2) is 5.91 Å². The summed E-state index contributed by atoms with van der Waals surface area (Å²) in [5, 5.41) is 3.64. The maximum absolute atomic E-state index is 11.9. The van der Waals surface area contributed by atoms with Crippen LogP contribution in [0.5, 0.6) is 0 Å². The van der Waals surface area contributed by atoms with E-state index in [0.717, 1.165) is 16.6 Å². The lowest BCUT2D eigenvalue weighted by Crippen LogP contribution is -2.11. The Kier molecular flexibility index (Phi) is 3.94. The van der Waals surface area contributed by atoms with Crippen LogP contribution in [0.25, 0.3) is 0 Å². The Morgan fingerprint density at radius 1 is 1.00 bits per heavy atom. The SMILES string of the molecule is O=C(Nc1ccccc1)c1ccc(CBr)cc1. The highest BCUT2D eigenvalue weighted by atomic mass is 79.9. The molecule has 2 aromatic carbocycles. The molecule has 2 nitrogen and oxygen atoms in total. The van der Waals surface area contributed by atoms with E-state index in [1.807, 2.05) is 54.6 Å². The maximum atomic E-state index is 11.9. The summed E-state index contributed by atoms with van der Waals surface area (Å²) in [4.78, 5) is 11.9. The van der Waals surface area contributed by atoms with Crippen molar-refractivity contribution in [2.45, 2.75) is 5.33 Å². The molecule has 0 unspecified atom stereocenters. The van der Waals surface area contributed by atoms with Crippen molar-refractivity contribution in [2.24, 2.45) is 0 Å². The Bertz CT molecular complexity index is 493. The van der Waals surface area contributed by atoms with Crippen LogP contribution in [0.3, 0.4) is 0 Å². The minimum atomic E-state index is -0.0858. The van der Waals surface area contributed by atoms with Gasteiger partial charge in [-0.1, -0.05) is 46.3 Å². The fourth-order valence-electron chi connectivity index (χ4n) is 1.47. The molecule has 0 spiro atoms. The molecule has 0 aromatic heterocycles. The van der Waals surface area contributed by atoms with Gasteiger partial charge < -0.3 is 5.32 Å². The van der Waals surface area contributed by atoms with Gasteiger partial charge in [0.05, 0.1) is 0 Å². The molecule has 0 fully saturated rings. The van der Waals surface area contributed by atoms with Crippen molar-refractivity contribution in [3.8, 4) is 0 Å². The first kappa shape index (κ1) is 11.9. The summed E-state index contributed by atoms with van der Waals surface area (Å²) in [5.74, 6) is -0.0858. The van der Waals surface area contributed by atoms with Crippen LogP contribution in [0.1, 0.15) is 15.9 Å². The third kappa shape index (κ3) is 3.17. The average Bonchev–Trinajstić information content (AvgIpc) is 2.40. The molecule has 1 amide bonds. The van der Waals surface area contributed by atoms with Crippen LogP contribution in [0.4, 0.5) is 5.69 Å². The van der Waals surface area contributed by atoms with Crippen molar-refractivity contribution in [1.82, 2.24) is 0 Å². The summed E-state index contributed by atoms with van der Waals surface area (Å²) < 4.78 is 0. The van der Waals surface area contributed by atoms with E-state index in [-0.39, 0.29) is 5.91 Å². The second kappa shape index (κ2) is 5.64. The molecule has 0 aliphatic heterocycles. The molecule has 2 rings (SSSR count). The Hall–Kier alpha value is -1.61. The van der Waals surface area contributed by atoms with Crippen LogP contribution in [0.2, 0.25) is 0 Å². The molecule has 0 bridgehead atoms. The van der Waals surface area contributed by atoms with Gasteiger partial charge in [-0.15, -0.1) is 0 Å². The van der Waals surface area contributed by atoms with Crippen LogP contribution in [0.15, 0.2) is 54.6 Å².